The smallest absolute Gasteiger partial charge is 0.123 e. The van der Waals surface area contributed by atoms with Crippen molar-refractivity contribution in [3.63, 3.8) is 0 Å². The van der Waals surface area contributed by atoms with Crippen molar-refractivity contribution >= 4 is 0 Å². The number of nitrogens with one attached hydrogen (secondary N) is 1. The lowest BCUT2D eigenvalue weighted by atomic mass is 9.99. The van der Waals surface area contributed by atoms with Gasteiger partial charge in [-0.1, -0.05) is 12.1 Å². The highest BCUT2D eigenvalue weighted by atomic mass is 16.5. The molecule has 0 saturated heterocycles. The summed E-state index contributed by atoms with van der Waals surface area (Å²) in [5, 5.41) is 3.19. The minimum absolute atomic E-state index is 0.387. The van der Waals surface area contributed by atoms with Crippen LogP contribution in [0.1, 0.15) is 24.1 Å². The van der Waals surface area contributed by atoms with Crippen LogP contribution in [0.3, 0.4) is 0 Å². The second-order valence-electron chi connectivity index (χ2n) is 4.20. The summed E-state index contributed by atoms with van der Waals surface area (Å²) in [4.78, 5) is 2.20. The maximum Gasteiger partial charge on any atom is 0.123 e. The summed E-state index contributed by atoms with van der Waals surface area (Å²) in [6.07, 6.45) is 0. The van der Waals surface area contributed by atoms with Crippen LogP contribution >= 0.6 is 0 Å². The first kappa shape index (κ1) is 13.0. The van der Waals surface area contributed by atoms with Gasteiger partial charge in [-0.15, -0.1) is 0 Å². The number of rotatable bonds is 5. The number of ether oxygens (including phenoxy) is 1. The molecule has 0 spiro atoms. The predicted octanol–water partition coefficient (Wildman–Crippen LogP) is 2.04. The van der Waals surface area contributed by atoms with Crippen LogP contribution in [0.4, 0.5) is 0 Å². The van der Waals surface area contributed by atoms with Crippen LogP contribution in [0.15, 0.2) is 18.2 Å². The van der Waals surface area contributed by atoms with E-state index in [1.807, 2.05) is 19.2 Å². The number of hydrogen-bond donors (Lipinski definition) is 1. The summed E-state index contributed by atoms with van der Waals surface area (Å²) in [6.45, 7) is 3.03. The third-order valence-corrected chi connectivity index (χ3v) is 2.97. The molecule has 1 unspecified atom stereocenters. The Bertz CT molecular complexity index is 337. The minimum atomic E-state index is 0.387. The van der Waals surface area contributed by atoms with E-state index in [1.165, 1.54) is 11.1 Å². The lowest BCUT2D eigenvalue weighted by molar-refractivity contribution is 0.317. The topological polar surface area (TPSA) is 24.5 Å². The van der Waals surface area contributed by atoms with Crippen molar-refractivity contribution in [2.75, 3.05) is 28.3 Å². The average molecular weight is 222 g/mol. The molecule has 0 aliphatic heterocycles. The number of benzene rings is 1. The molecule has 1 aromatic carbocycles. The van der Waals surface area contributed by atoms with Gasteiger partial charge in [0.15, 0.2) is 0 Å². The molecule has 0 heterocycles. The van der Waals surface area contributed by atoms with Gasteiger partial charge in [0.1, 0.15) is 5.75 Å². The lowest BCUT2D eigenvalue weighted by Crippen LogP contribution is -2.20. The van der Waals surface area contributed by atoms with E-state index in [0.717, 1.165) is 12.3 Å². The molecule has 0 radical (unpaired) electrons. The molecule has 0 amide bonds. The van der Waals surface area contributed by atoms with Crippen molar-refractivity contribution in [2.45, 2.75) is 19.5 Å². The quantitative estimate of drug-likeness (QED) is 0.825. The molecule has 0 aliphatic carbocycles. The molecule has 1 N–H and O–H groups in total. The van der Waals surface area contributed by atoms with E-state index in [4.69, 9.17) is 4.74 Å². The van der Waals surface area contributed by atoms with Crippen molar-refractivity contribution < 1.29 is 4.74 Å². The van der Waals surface area contributed by atoms with Crippen LogP contribution in [0.2, 0.25) is 0 Å². The van der Waals surface area contributed by atoms with E-state index in [-0.39, 0.29) is 0 Å². The van der Waals surface area contributed by atoms with E-state index in [2.05, 4.69) is 37.3 Å². The second kappa shape index (κ2) is 5.87. The van der Waals surface area contributed by atoms with Crippen molar-refractivity contribution in [3.8, 4) is 5.75 Å². The number of hydrogen-bond acceptors (Lipinski definition) is 3. The summed E-state index contributed by atoms with van der Waals surface area (Å²) in [7, 11) is 7.86. The number of methoxy groups -OCH3 is 1. The third-order valence-electron chi connectivity index (χ3n) is 2.97. The maximum atomic E-state index is 5.41. The van der Waals surface area contributed by atoms with Crippen LogP contribution in [0.25, 0.3) is 0 Å². The molecular weight excluding hydrogens is 200 g/mol. The van der Waals surface area contributed by atoms with Gasteiger partial charge in [0.2, 0.25) is 0 Å². The summed E-state index contributed by atoms with van der Waals surface area (Å²) in [5.41, 5.74) is 2.56. The van der Waals surface area contributed by atoms with Crippen LogP contribution in [0.5, 0.6) is 5.75 Å². The van der Waals surface area contributed by atoms with Gasteiger partial charge in [0.05, 0.1) is 7.11 Å². The summed E-state index contributed by atoms with van der Waals surface area (Å²) in [5.74, 6) is 0.959. The lowest BCUT2D eigenvalue weighted by Gasteiger charge is -2.24. The van der Waals surface area contributed by atoms with Crippen LogP contribution in [-0.4, -0.2) is 33.2 Å². The normalized spacial score (nSPS) is 12.9. The van der Waals surface area contributed by atoms with E-state index >= 15 is 0 Å². The predicted molar refractivity (Wildman–Crippen MR) is 67.9 cm³/mol. The highest BCUT2D eigenvalue weighted by molar-refractivity contribution is 5.41. The van der Waals surface area contributed by atoms with Gasteiger partial charge < -0.3 is 15.0 Å². The van der Waals surface area contributed by atoms with Gasteiger partial charge >= 0.3 is 0 Å². The van der Waals surface area contributed by atoms with Gasteiger partial charge in [0, 0.05) is 18.2 Å². The van der Waals surface area contributed by atoms with Crippen molar-refractivity contribution in [1.29, 1.82) is 0 Å². The molecule has 16 heavy (non-hydrogen) atoms. The van der Waals surface area contributed by atoms with Gasteiger partial charge in [-0.3, -0.25) is 0 Å². The fourth-order valence-corrected chi connectivity index (χ4v) is 1.81. The Labute approximate surface area is 98.4 Å². The zero-order valence-corrected chi connectivity index (χ0v) is 10.9. The largest absolute Gasteiger partial charge is 0.496 e. The maximum absolute atomic E-state index is 5.41. The molecule has 0 saturated carbocycles. The first-order valence-electron chi connectivity index (χ1n) is 5.58. The molecule has 1 rings (SSSR count). The molecule has 1 aromatic rings. The Morgan fingerprint density at radius 2 is 2.06 bits per heavy atom. The highest BCUT2D eigenvalue weighted by Crippen LogP contribution is 2.28. The standard InChI is InChI=1S/C13H22N2O/c1-10(15(3)4)11-7-6-8-13(16-5)12(11)9-14-2/h6-8,10,14H,9H2,1-5H3. The molecule has 0 fully saturated rings. The minimum Gasteiger partial charge on any atom is -0.496 e. The van der Waals surface area contributed by atoms with Crippen LogP contribution in [-0.2, 0) is 6.54 Å². The fraction of sp³-hybridized carbons (Fsp3) is 0.538. The Hall–Kier alpha value is -1.06. The summed E-state index contributed by atoms with van der Waals surface area (Å²) >= 11 is 0. The zero-order chi connectivity index (χ0) is 12.1. The molecular formula is C13H22N2O. The van der Waals surface area contributed by atoms with Gasteiger partial charge in [-0.2, -0.15) is 0 Å². The SMILES string of the molecule is CNCc1c(OC)cccc1C(C)N(C)C. The summed E-state index contributed by atoms with van der Waals surface area (Å²) in [6, 6.07) is 6.62. The van der Waals surface area contributed by atoms with Crippen LogP contribution in [0, 0.1) is 0 Å². The molecule has 3 nitrogen and oxygen atoms in total. The molecule has 0 bridgehead atoms. The monoisotopic (exact) mass is 222 g/mol. The van der Waals surface area contributed by atoms with E-state index in [9.17, 15) is 0 Å². The molecule has 3 heteroatoms. The number of nitrogens with zero attached hydrogens (tertiary/aromatic N) is 1. The Balaban J connectivity index is 3.15. The van der Waals surface area contributed by atoms with Gasteiger partial charge in [0.25, 0.3) is 0 Å². The highest BCUT2D eigenvalue weighted by Gasteiger charge is 2.15. The second-order valence-corrected chi connectivity index (χ2v) is 4.20. The Morgan fingerprint density at radius 1 is 1.38 bits per heavy atom. The Morgan fingerprint density at radius 3 is 2.56 bits per heavy atom. The average Bonchev–Trinajstić information content (AvgIpc) is 2.28. The van der Waals surface area contributed by atoms with E-state index < -0.39 is 0 Å². The molecule has 90 valence electrons. The van der Waals surface area contributed by atoms with Crippen LogP contribution < -0.4 is 10.1 Å². The molecule has 1 atom stereocenters. The first-order valence-corrected chi connectivity index (χ1v) is 5.58. The van der Waals surface area contributed by atoms with Crippen molar-refractivity contribution in [2.24, 2.45) is 0 Å². The zero-order valence-electron chi connectivity index (χ0n) is 10.9. The third kappa shape index (κ3) is 2.74. The fourth-order valence-electron chi connectivity index (χ4n) is 1.81. The van der Waals surface area contributed by atoms with E-state index in [1.54, 1.807) is 7.11 Å². The summed E-state index contributed by atoms with van der Waals surface area (Å²) < 4.78 is 5.41. The molecule has 0 aliphatic rings. The first-order chi connectivity index (χ1) is 7.61. The molecule has 0 aromatic heterocycles. The van der Waals surface area contributed by atoms with Crippen molar-refractivity contribution in [1.82, 2.24) is 10.2 Å². The van der Waals surface area contributed by atoms with Gasteiger partial charge in [-0.05, 0) is 39.7 Å². The Kier molecular flexibility index (Phi) is 4.77. The van der Waals surface area contributed by atoms with E-state index in [0.29, 0.717) is 6.04 Å². The van der Waals surface area contributed by atoms with Crippen molar-refractivity contribution in [3.05, 3.63) is 29.3 Å². The van der Waals surface area contributed by atoms with Gasteiger partial charge in [-0.25, -0.2) is 0 Å².